The Balaban J connectivity index is 3.35. The molecule has 0 fully saturated rings. The van der Waals surface area contributed by atoms with Crippen LogP contribution in [-0.2, 0) is 4.74 Å². The molecule has 8 heavy (non-hydrogen) atoms. The molecular formula is C7H12O. The molecule has 0 amide bonds. The molecule has 0 N–H and O–H groups in total. The van der Waals surface area contributed by atoms with E-state index < -0.39 is 0 Å². The predicted octanol–water partition coefficient (Wildman–Crippen LogP) is 1.76. The molecule has 0 aromatic rings. The minimum atomic E-state index is 0.202. The van der Waals surface area contributed by atoms with Crippen molar-refractivity contribution in [1.29, 1.82) is 0 Å². The third-order valence-electron chi connectivity index (χ3n) is 0.890. The lowest BCUT2D eigenvalue weighted by molar-refractivity contribution is 0.156. The highest BCUT2D eigenvalue weighted by molar-refractivity contribution is 4.99. The molecule has 0 aliphatic rings. The van der Waals surface area contributed by atoms with Crippen LogP contribution >= 0.6 is 0 Å². The van der Waals surface area contributed by atoms with Gasteiger partial charge >= 0.3 is 0 Å². The van der Waals surface area contributed by atoms with Crippen molar-refractivity contribution in [1.82, 2.24) is 0 Å². The third kappa shape index (κ3) is 3.62. The van der Waals surface area contributed by atoms with Gasteiger partial charge in [0.2, 0.25) is 0 Å². The number of hydrogen-bond donors (Lipinski definition) is 0. The van der Waals surface area contributed by atoms with Gasteiger partial charge in [-0.25, -0.2) is 0 Å². The normalized spacial score (nSPS) is 14.2. The van der Waals surface area contributed by atoms with Crippen molar-refractivity contribution in [3.05, 3.63) is 24.8 Å². The van der Waals surface area contributed by atoms with E-state index in [4.69, 9.17) is 4.74 Å². The highest BCUT2D eigenvalue weighted by atomic mass is 16.5. The summed E-state index contributed by atoms with van der Waals surface area (Å²) in [6.07, 6.45) is 5.74. The lowest BCUT2D eigenvalue weighted by atomic mass is 10.3. The van der Waals surface area contributed by atoms with Crippen LogP contribution in [0.25, 0.3) is 0 Å². The van der Waals surface area contributed by atoms with Crippen molar-refractivity contribution < 1.29 is 4.74 Å². The van der Waals surface area contributed by atoms with Gasteiger partial charge in [-0.15, -0.1) is 0 Å². The average Bonchev–Trinajstić information content (AvgIpc) is 1.83. The van der Waals surface area contributed by atoms with Crippen molar-refractivity contribution >= 4 is 0 Å². The van der Waals surface area contributed by atoms with Gasteiger partial charge in [0.15, 0.2) is 0 Å². The van der Waals surface area contributed by atoms with Crippen LogP contribution in [0.4, 0.5) is 0 Å². The summed E-state index contributed by atoms with van der Waals surface area (Å²) in [5.74, 6) is 0. The molecule has 1 atom stereocenters. The monoisotopic (exact) mass is 112 g/mol. The number of methoxy groups -OCH3 is 1. The Morgan fingerprint density at radius 3 is 2.62 bits per heavy atom. The molecule has 1 nitrogen and oxygen atoms in total. The van der Waals surface area contributed by atoms with E-state index in [9.17, 15) is 0 Å². The summed E-state index contributed by atoms with van der Waals surface area (Å²) in [6.45, 7) is 5.50. The maximum atomic E-state index is 4.92. The van der Waals surface area contributed by atoms with E-state index in [0.717, 1.165) is 0 Å². The fourth-order valence-electron chi connectivity index (χ4n) is 0.314. The van der Waals surface area contributed by atoms with Crippen LogP contribution in [0.5, 0.6) is 0 Å². The third-order valence-corrected chi connectivity index (χ3v) is 0.890. The SMILES string of the molecule is C=C/C=C/C(C)OC. The molecule has 46 valence electrons. The minimum absolute atomic E-state index is 0.202. The second-order valence-corrected chi connectivity index (χ2v) is 1.56. The van der Waals surface area contributed by atoms with Crippen LogP contribution in [-0.4, -0.2) is 13.2 Å². The molecule has 0 radical (unpaired) electrons. The number of ether oxygens (including phenoxy) is 1. The van der Waals surface area contributed by atoms with Gasteiger partial charge in [-0.1, -0.05) is 24.8 Å². The highest BCUT2D eigenvalue weighted by Crippen LogP contribution is 1.88. The number of hydrogen-bond acceptors (Lipinski definition) is 1. The lowest BCUT2D eigenvalue weighted by Gasteiger charge is -1.98. The zero-order chi connectivity index (χ0) is 6.41. The molecular weight excluding hydrogens is 100 g/mol. The fraction of sp³-hybridized carbons (Fsp3) is 0.429. The maximum Gasteiger partial charge on any atom is 0.0726 e. The maximum absolute atomic E-state index is 4.92. The van der Waals surface area contributed by atoms with Gasteiger partial charge < -0.3 is 4.74 Å². The Kier molecular flexibility index (Phi) is 4.27. The first-order valence-electron chi connectivity index (χ1n) is 2.63. The largest absolute Gasteiger partial charge is 0.378 e. The standard InChI is InChI=1S/C7H12O/c1-4-5-6-7(2)8-3/h4-7H,1H2,2-3H3/b6-5+. The van der Waals surface area contributed by atoms with Gasteiger partial charge in [-0.05, 0) is 6.92 Å². The first kappa shape index (κ1) is 7.44. The molecule has 0 heterocycles. The zero-order valence-electron chi connectivity index (χ0n) is 5.42. The van der Waals surface area contributed by atoms with Gasteiger partial charge in [-0.2, -0.15) is 0 Å². The Morgan fingerprint density at radius 2 is 2.25 bits per heavy atom. The predicted molar refractivity (Wildman–Crippen MR) is 35.8 cm³/mol. The zero-order valence-corrected chi connectivity index (χ0v) is 5.42. The molecule has 1 heteroatoms. The summed E-state index contributed by atoms with van der Waals surface area (Å²) in [6, 6.07) is 0. The van der Waals surface area contributed by atoms with E-state index in [2.05, 4.69) is 6.58 Å². The van der Waals surface area contributed by atoms with Crippen LogP contribution in [0.15, 0.2) is 24.8 Å². The molecule has 1 unspecified atom stereocenters. The molecule has 0 saturated heterocycles. The van der Waals surface area contributed by atoms with Gasteiger partial charge in [-0.3, -0.25) is 0 Å². The molecule has 0 aromatic heterocycles. The fourth-order valence-corrected chi connectivity index (χ4v) is 0.314. The van der Waals surface area contributed by atoms with Crippen LogP contribution in [0.3, 0.4) is 0 Å². The minimum Gasteiger partial charge on any atom is -0.378 e. The van der Waals surface area contributed by atoms with Crippen LogP contribution in [0.2, 0.25) is 0 Å². The summed E-state index contributed by atoms with van der Waals surface area (Å²) in [4.78, 5) is 0. The van der Waals surface area contributed by atoms with E-state index in [1.807, 2.05) is 19.1 Å². The van der Waals surface area contributed by atoms with Gasteiger partial charge in [0.05, 0.1) is 6.10 Å². The summed E-state index contributed by atoms with van der Waals surface area (Å²) in [7, 11) is 1.68. The summed E-state index contributed by atoms with van der Waals surface area (Å²) in [5, 5.41) is 0. The molecule has 0 bridgehead atoms. The van der Waals surface area contributed by atoms with E-state index in [0.29, 0.717) is 0 Å². The smallest absolute Gasteiger partial charge is 0.0726 e. The van der Waals surface area contributed by atoms with Crippen LogP contribution in [0, 0.1) is 0 Å². The van der Waals surface area contributed by atoms with E-state index in [1.54, 1.807) is 13.2 Å². The first-order valence-corrected chi connectivity index (χ1v) is 2.63. The highest BCUT2D eigenvalue weighted by Gasteiger charge is 1.86. The van der Waals surface area contributed by atoms with Crippen LogP contribution in [0.1, 0.15) is 6.92 Å². The quantitative estimate of drug-likeness (QED) is 0.505. The van der Waals surface area contributed by atoms with E-state index >= 15 is 0 Å². The van der Waals surface area contributed by atoms with Crippen molar-refractivity contribution in [2.24, 2.45) is 0 Å². The molecule has 0 rings (SSSR count). The Bertz CT molecular complexity index is 84.4. The Labute approximate surface area is 50.7 Å². The number of allylic oxidation sites excluding steroid dienone is 2. The van der Waals surface area contributed by atoms with Crippen molar-refractivity contribution in [2.75, 3.05) is 7.11 Å². The molecule has 0 aliphatic heterocycles. The second-order valence-electron chi connectivity index (χ2n) is 1.56. The van der Waals surface area contributed by atoms with E-state index in [-0.39, 0.29) is 6.10 Å². The first-order chi connectivity index (χ1) is 3.81. The lowest BCUT2D eigenvalue weighted by Crippen LogP contribution is -1.97. The summed E-state index contributed by atoms with van der Waals surface area (Å²) < 4.78 is 4.92. The van der Waals surface area contributed by atoms with Crippen molar-refractivity contribution in [3.63, 3.8) is 0 Å². The summed E-state index contributed by atoms with van der Waals surface area (Å²) in [5.41, 5.74) is 0. The van der Waals surface area contributed by atoms with Crippen molar-refractivity contribution in [3.8, 4) is 0 Å². The molecule has 0 aliphatic carbocycles. The van der Waals surface area contributed by atoms with E-state index in [1.165, 1.54) is 0 Å². The molecule has 0 aromatic carbocycles. The van der Waals surface area contributed by atoms with Gasteiger partial charge in [0, 0.05) is 7.11 Å². The molecule has 0 saturated carbocycles. The number of rotatable bonds is 3. The molecule has 0 spiro atoms. The van der Waals surface area contributed by atoms with Gasteiger partial charge in [0.25, 0.3) is 0 Å². The Hall–Kier alpha value is -0.560. The topological polar surface area (TPSA) is 9.23 Å². The summed E-state index contributed by atoms with van der Waals surface area (Å²) >= 11 is 0. The van der Waals surface area contributed by atoms with Crippen molar-refractivity contribution in [2.45, 2.75) is 13.0 Å². The van der Waals surface area contributed by atoms with Gasteiger partial charge in [0.1, 0.15) is 0 Å². The Morgan fingerprint density at radius 1 is 1.62 bits per heavy atom. The van der Waals surface area contributed by atoms with Crippen LogP contribution < -0.4 is 0 Å². The average molecular weight is 112 g/mol. The second kappa shape index (κ2) is 4.60.